The molecule has 18 heavy (non-hydrogen) atoms. The standard InChI is InChI=1S/C14H19NO3/c1-10(16)14-12(17-2)8-11(9-13(14)18-3)15-6-4-5-7-15/h8-9H,4-7H2,1-3H3. The maximum absolute atomic E-state index is 11.7. The molecule has 1 heterocycles. The summed E-state index contributed by atoms with van der Waals surface area (Å²) in [7, 11) is 3.16. The topological polar surface area (TPSA) is 38.8 Å². The number of anilines is 1. The minimum Gasteiger partial charge on any atom is -0.496 e. The molecular formula is C14H19NO3. The van der Waals surface area contributed by atoms with Crippen molar-refractivity contribution in [2.24, 2.45) is 0 Å². The molecule has 0 bridgehead atoms. The number of rotatable bonds is 4. The molecule has 0 N–H and O–H groups in total. The molecule has 2 rings (SSSR count). The molecule has 1 aliphatic heterocycles. The second kappa shape index (κ2) is 5.29. The van der Waals surface area contributed by atoms with Crippen molar-refractivity contribution < 1.29 is 14.3 Å². The molecule has 1 fully saturated rings. The quantitative estimate of drug-likeness (QED) is 0.769. The Morgan fingerprint density at radius 2 is 1.61 bits per heavy atom. The van der Waals surface area contributed by atoms with Crippen LogP contribution in [0.5, 0.6) is 11.5 Å². The molecule has 0 aromatic heterocycles. The van der Waals surface area contributed by atoms with E-state index < -0.39 is 0 Å². The largest absolute Gasteiger partial charge is 0.496 e. The van der Waals surface area contributed by atoms with E-state index in [0.717, 1.165) is 18.8 Å². The van der Waals surface area contributed by atoms with Crippen LogP contribution in [-0.4, -0.2) is 33.1 Å². The van der Waals surface area contributed by atoms with Crippen molar-refractivity contribution in [2.45, 2.75) is 19.8 Å². The molecule has 0 amide bonds. The highest BCUT2D eigenvalue weighted by atomic mass is 16.5. The SMILES string of the molecule is COc1cc(N2CCCC2)cc(OC)c1C(C)=O. The predicted octanol–water partition coefficient (Wildman–Crippen LogP) is 2.51. The van der Waals surface area contributed by atoms with Crippen LogP contribution in [0.15, 0.2) is 12.1 Å². The fourth-order valence-corrected chi connectivity index (χ4v) is 2.40. The number of hydrogen-bond donors (Lipinski definition) is 0. The minimum absolute atomic E-state index is 0.0447. The monoisotopic (exact) mass is 249 g/mol. The summed E-state index contributed by atoms with van der Waals surface area (Å²) in [5, 5.41) is 0. The summed E-state index contributed by atoms with van der Waals surface area (Å²) in [6, 6.07) is 3.84. The molecule has 0 atom stereocenters. The minimum atomic E-state index is -0.0447. The lowest BCUT2D eigenvalue weighted by atomic mass is 10.1. The zero-order chi connectivity index (χ0) is 13.1. The van der Waals surface area contributed by atoms with Gasteiger partial charge >= 0.3 is 0 Å². The number of methoxy groups -OCH3 is 2. The van der Waals surface area contributed by atoms with Crippen molar-refractivity contribution in [1.29, 1.82) is 0 Å². The summed E-state index contributed by atoms with van der Waals surface area (Å²) < 4.78 is 10.6. The molecule has 0 unspecified atom stereocenters. The van der Waals surface area contributed by atoms with Gasteiger partial charge in [0, 0.05) is 30.9 Å². The average Bonchev–Trinajstić information content (AvgIpc) is 2.90. The third-order valence-electron chi connectivity index (χ3n) is 3.31. The molecule has 4 nitrogen and oxygen atoms in total. The molecule has 1 aromatic carbocycles. The Bertz CT molecular complexity index is 425. The van der Waals surface area contributed by atoms with E-state index in [1.165, 1.54) is 19.8 Å². The Hall–Kier alpha value is -1.71. The van der Waals surface area contributed by atoms with E-state index in [1.54, 1.807) is 14.2 Å². The number of nitrogens with zero attached hydrogens (tertiary/aromatic N) is 1. The summed E-state index contributed by atoms with van der Waals surface area (Å²) >= 11 is 0. The zero-order valence-electron chi connectivity index (χ0n) is 11.2. The van der Waals surface area contributed by atoms with Crippen molar-refractivity contribution in [2.75, 3.05) is 32.2 Å². The molecule has 4 heteroatoms. The number of ketones is 1. The first-order chi connectivity index (χ1) is 8.67. The number of carbonyl (C=O) groups is 1. The van der Waals surface area contributed by atoms with Crippen molar-refractivity contribution >= 4 is 11.5 Å². The Kier molecular flexibility index (Phi) is 3.75. The fourth-order valence-electron chi connectivity index (χ4n) is 2.40. The van der Waals surface area contributed by atoms with Crippen LogP contribution in [0.4, 0.5) is 5.69 Å². The van der Waals surface area contributed by atoms with Gasteiger partial charge in [0.2, 0.25) is 0 Å². The number of hydrogen-bond acceptors (Lipinski definition) is 4. The second-order valence-corrected chi connectivity index (χ2v) is 4.48. The zero-order valence-corrected chi connectivity index (χ0v) is 11.2. The highest BCUT2D eigenvalue weighted by molar-refractivity contribution is 6.00. The highest BCUT2D eigenvalue weighted by Gasteiger charge is 2.20. The Morgan fingerprint density at radius 1 is 1.11 bits per heavy atom. The predicted molar refractivity (Wildman–Crippen MR) is 71.0 cm³/mol. The van der Waals surface area contributed by atoms with Crippen LogP contribution >= 0.6 is 0 Å². The molecule has 0 spiro atoms. The molecule has 0 saturated carbocycles. The van der Waals surface area contributed by atoms with Gasteiger partial charge in [-0.05, 0) is 19.8 Å². The van der Waals surface area contributed by atoms with Gasteiger partial charge < -0.3 is 14.4 Å². The summed E-state index contributed by atoms with van der Waals surface area (Å²) in [6.45, 7) is 3.62. The van der Waals surface area contributed by atoms with E-state index in [1.807, 2.05) is 12.1 Å². The van der Waals surface area contributed by atoms with Crippen molar-refractivity contribution in [3.05, 3.63) is 17.7 Å². The summed E-state index contributed by atoms with van der Waals surface area (Å²) in [5.74, 6) is 1.13. The fraction of sp³-hybridized carbons (Fsp3) is 0.500. The molecule has 0 radical (unpaired) electrons. The second-order valence-electron chi connectivity index (χ2n) is 4.48. The Labute approximate surface area is 107 Å². The van der Waals surface area contributed by atoms with E-state index in [4.69, 9.17) is 9.47 Å². The van der Waals surface area contributed by atoms with Gasteiger partial charge in [-0.2, -0.15) is 0 Å². The van der Waals surface area contributed by atoms with Crippen LogP contribution in [0, 0.1) is 0 Å². The smallest absolute Gasteiger partial charge is 0.167 e. The Morgan fingerprint density at radius 3 is 2.00 bits per heavy atom. The molecule has 0 aliphatic carbocycles. The van der Waals surface area contributed by atoms with Gasteiger partial charge in [-0.3, -0.25) is 4.79 Å². The third kappa shape index (κ3) is 2.28. The number of carbonyl (C=O) groups excluding carboxylic acids is 1. The van der Waals surface area contributed by atoms with E-state index >= 15 is 0 Å². The van der Waals surface area contributed by atoms with Crippen LogP contribution < -0.4 is 14.4 Å². The number of Topliss-reactive ketones (excluding diaryl/α,β-unsaturated/α-hetero) is 1. The molecule has 98 valence electrons. The van der Waals surface area contributed by atoms with Gasteiger partial charge in [0.1, 0.15) is 17.1 Å². The van der Waals surface area contributed by atoms with E-state index in [9.17, 15) is 4.79 Å². The third-order valence-corrected chi connectivity index (χ3v) is 3.31. The molecule has 1 aliphatic rings. The first-order valence-corrected chi connectivity index (χ1v) is 6.19. The van der Waals surface area contributed by atoms with Gasteiger partial charge in [-0.15, -0.1) is 0 Å². The number of ether oxygens (including phenoxy) is 2. The van der Waals surface area contributed by atoms with Gasteiger partial charge in [0.25, 0.3) is 0 Å². The van der Waals surface area contributed by atoms with Crippen LogP contribution in [0.3, 0.4) is 0 Å². The number of benzene rings is 1. The van der Waals surface area contributed by atoms with Crippen molar-refractivity contribution in [3.63, 3.8) is 0 Å². The first-order valence-electron chi connectivity index (χ1n) is 6.19. The molecular weight excluding hydrogens is 230 g/mol. The van der Waals surface area contributed by atoms with Gasteiger partial charge in [0.05, 0.1) is 14.2 Å². The van der Waals surface area contributed by atoms with E-state index in [-0.39, 0.29) is 5.78 Å². The van der Waals surface area contributed by atoms with E-state index in [0.29, 0.717) is 17.1 Å². The maximum Gasteiger partial charge on any atom is 0.167 e. The van der Waals surface area contributed by atoms with Crippen LogP contribution in [0.1, 0.15) is 30.1 Å². The highest BCUT2D eigenvalue weighted by Crippen LogP contribution is 2.35. The van der Waals surface area contributed by atoms with Crippen LogP contribution in [0.25, 0.3) is 0 Å². The average molecular weight is 249 g/mol. The van der Waals surface area contributed by atoms with Gasteiger partial charge in [-0.25, -0.2) is 0 Å². The lowest BCUT2D eigenvalue weighted by molar-refractivity contribution is 0.101. The summed E-state index contributed by atoms with van der Waals surface area (Å²) in [6.07, 6.45) is 2.41. The van der Waals surface area contributed by atoms with Gasteiger partial charge in [0.15, 0.2) is 5.78 Å². The molecule has 1 aromatic rings. The lowest BCUT2D eigenvalue weighted by Gasteiger charge is -2.21. The van der Waals surface area contributed by atoms with Crippen molar-refractivity contribution in [1.82, 2.24) is 0 Å². The molecule has 1 saturated heterocycles. The summed E-state index contributed by atoms with van der Waals surface area (Å²) in [4.78, 5) is 14.0. The maximum atomic E-state index is 11.7. The van der Waals surface area contributed by atoms with E-state index in [2.05, 4.69) is 4.90 Å². The van der Waals surface area contributed by atoms with Crippen LogP contribution in [0.2, 0.25) is 0 Å². The first kappa shape index (κ1) is 12.7. The Balaban J connectivity index is 2.48. The van der Waals surface area contributed by atoms with Crippen molar-refractivity contribution in [3.8, 4) is 11.5 Å². The normalized spacial score (nSPS) is 14.7. The lowest BCUT2D eigenvalue weighted by Crippen LogP contribution is -2.18. The summed E-state index contributed by atoms with van der Waals surface area (Å²) in [5.41, 5.74) is 1.58. The van der Waals surface area contributed by atoms with Crippen LogP contribution in [-0.2, 0) is 0 Å². The van der Waals surface area contributed by atoms with Gasteiger partial charge in [-0.1, -0.05) is 0 Å².